The molecule has 1 aromatic carbocycles. The number of aliphatic hydroxyl groups is 1. The van der Waals surface area contributed by atoms with Crippen molar-refractivity contribution < 1.29 is 9.90 Å². The molecule has 0 aromatic heterocycles. The fourth-order valence-corrected chi connectivity index (χ4v) is 1.12. The molecule has 0 saturated heterocycles. The molecule has 0 heterocycles. The number of aliphatic imine (C=N–C) groups is 1. The van der Waals surface area contributed by atoms with E-state index < -0.39 is 12.0 Å². The Kier molecular flexibility index (Phi) is 4.96. The first-order valence-corrected chi connectivity index (χ1v) is 5.14. The number of nitrogens with zero attached hydrogens (tertiary/aromatic N) is 1. The first-order valence-electron chi connectivity index (χ1n) is 5.14. The van der Waals surface area contributed by atoms with Crippen LogP contribution in [0.4, 0.5) is 0 Å². The molecular weight excluding hydrogens is 220 g/mol. The molecule has 0 spiro atoms. The van der Waals surface area contributed by atoms with Crippen molar-refractivity contribution in [2.24, 2.45) is 16.5 Å². The fraction of sp³-hybridized carbons (Fsp3) is 0.273. The van der Waals surface area contributed by atoms with Gasteiger partial charge in [-0.15, -0.1) is 0 Å². The van der Waals surface area contributed by atoms with E-state index >= 15 is 0 Å². The highest BCUT2D eigenvalue weighted by Gasteiger charge is 2.09. The second-order valence-electron chi connectivity index (χ2n) is 3.49. The maximum absolute atomic E-state index is 10.5. The Balaban J connectivity index is 2.37. The molecule has 1 aromatic rings. The minimum absolute atomic E-state index is 0.0422. The van der Waals surface area contributed by atoms with E-state index in [-0.39, 0.29) is 12.5 Å². The van der Waals surface area contributed by atoms with E-state index in [4.69, 9.17) is 16.6 Å². The summed E-state index contributed by atoms with van der Waals surface area (Å²) >= 11 is 0. The van der Waals surface area contributed by atoms with Crippen molar-refractivity contribution in [3.05, 3.63) is 35.9 Å². The number of benzene rings is 1. The third-order valence-corrected chi connectivity index (χ3v) is 2.08. The smallest absolute Gasteiger partial charge is 0.248 e. The van der Waals surface area contributed by atoms with Crippen LogP contribution in [0, 0.1) is 0 Å². The lowest BCUT2D eigenvalue weighted by molar-refractivity contribution is -0.125. The summed E-state index contributed by atoms with van der Waals surface area (Å²) in [5, 5.41) is 11.7. The average molecular weight is 236 g/mol. The summed E-state index contributed by atoms with van der Waals surface area (Å²) in [5.74, 6) is -0.637. The van der Waals surface area contributed by atoms with Gasteiger partial charge in [0.2, 0.25) is 5.91 Å². The SMILES string of the molecule is NC(=O)C(O)CNC(N)=NCc1ccccc1. The zero-order valence-corrected chi connectivity index (χ0v) is 9.34. The van der Waals surface area contributed by atoms with E-state index in [1.807, 2.05) is 30.3 Å². The third kappa shape index (κ3) is 4.98. The summed E-state index contributed by atoms with van der Waals surface area (Å²) in [7, 11) is 0. The Morgan fingerprint density at radius 2 is 2.00 bits per heavy atom. The van der Waals surface area contributed by atoms with Crippen molar-refractivity contribution in [2.45, 2.75) is 12.6 Å². The minimum Gasteiger partial charge on any atom is -0.381 e. The Morgan fingerprint density at radius 3 is 2.59 bits per heavy atom. The fourth-order valence-electron chi connectivity index (χ4n) is 1.12. The summed E-state index contributed by atoms with van der Waals surface area (Å²) in [5.41, 5.74) is 11.4. The van der Waals surface area contributed by atoms with Gasteiger partial charge in [0.05, 0.1) is 13.1 Å². The third-order valence-electron chi connectivity index (χ3n) is 2.08. The van der Waals surface area contributed by atoms with Crippen LogP contribution in [-0.4, -0.2) is 29.6 Å². The van der Waals surface area contributed by atoms with Crippen molar-refractivity contribution in [3.8, 4) is 0 Å². The van der Waals surface area contributed by atoms with Crippen molar-refractivity contribution >= 4 is 11.9 Å². The van der Waals surface area contributed by atoms with Crippen LogP contribution < -0.4 is 16.8 Å². The van der Waals surface area contributed by atoms with Gasteiger partial charge in [-0.1, -0.05) is 30.3 Å². The second kappa shape index (κ2) is 6.49. The Morgan fingerprint density at radius 1 is 1.35 bits per heavy atom. The van der Waals surface area contributed by atoms with Gasteiger partial charge in [-0.05, 0) is 5.56 Å². The molecule has 0 aliphatic carbocycles. The summed E-state index contributed by atoms with van der Waals surface area (Å²) in [4.78, 5) is 14.6. The van der Waals surface area contributed by atoms with Gasteiger partial charge < -0.3 is 21.9 Å². The summed E-state index contributed by atoms with van der Waals surface area (Å²) in [6.07, 6.45) is -1.26. The van der Waals surface area contributed by atoms with Crippen LogP contribution in [0.25, 0.3) is 0 Å². The van der Waals surface area contributed by atoms with Gasteiger partial charge in [-0.3, -0.25) is 4.79 Å². The number of carbonyl (C=O) groups is 1. The first-order chi connectivity index (χ1) is 8.09. The van der Waals surface area contributed by atoms with Gasteiger partial charge in [-0.2, -0.15) is 0 Å². The van der Waals surface area contributed by atoms with E-state index in [0.717, 1.165) is 5.56 Å². The van der Waals surface area contributed by atoms with Gasteiger partial charge in [0.25, 0.3) is 0 Å². The number of hydrogen-bond acceptors (Lipinski definition) is 3. The van der Waals surface area contributed by atoms with Crippen molar-refractivity contribution in [1.29, 1.82) is 0 Å². The van der Waals surface area contributed by atoms with Gasteiger partial charge in [-0.25, -0.2) is 4.99 Å². The van der Waals surface area contributed by atoms with E-state index in [9.17, 15) is 4.79 Å². The monoisotopic (exact) mass is 236 g/mol. The van der Waals surface area contributed by atoms with Crippen LogP contribution in [0.15, 0.2) is 35.3 Å². The molecule has 6 heteroatoms. The lowest BCUT2D eigenvalue weighted by Crippen LogP contribution is -2.42. The highest BCUT2D eigenvalue weighted by atomic mass is 16.3. The molecule has 0 aliphatic heterocycles. The molecule has 0 radical (unpaired) electrons. The van der Waals surface area contributed by atoms with E-state index in [1.165, 1.54) is 0 Å². The van der Waals surface area contributed by atoms with Crippen molar-refractivity contribution in [3.63, 3.8) is 0 Å². The van der Waals surface area contributed by atoms with E-state index in [0.29, 0.717) is 6.54 Å². The molecular formula is C11H16N4O2. The predicted octanol–water partition coefficient (Wildman–Crippen LogP) is -1.06. The number of guanidine groups is 1. The molecule has 0 saturated carbocycles. The average Bonchev–Trinajstić information content (AvgIpc) is 2.34. The van der Waals surface area contributed by atoms with Gasteiger partial charge in [0, 0.05) is 0 Å². The number of hydrogen-bond donors (Lipinski definition) is 4. The number of nitrogens with two attached hydrogens (primary N) is 2. The topological polar surface area (TPSA) is 114 Å². The number of rotatable bonds is 5. The maximum Gasteiger partial charge on any atom is 0.248 e. The Hall–Kier alpha value is -2.08. The van der Waals surface area contributed by atoms with Crippen LogP contribution in [0.5, 0.6) is 0 Å². The number of primary amides is 1. The summed E-state index contributed by atoms with van der Waals surface area (Å²) in [6, 6.07) is 9.58. The van der Waals surface area contributed by atoms with Gasteiger partial charge >= 0.3 is 0 Å². The molecule has 1 rings (SSSR count). The van der Waals surface area contributed by atoms with Crippen LogP contribution in [-0.2, 0) is 11.3 Å². The number of nitrogens with one attached hydrogen (secondary N) is 1. The number of aliphatic hydroxyl groups excluding tert-OH is 1. The molecule has 17 heavy (non-hydrogen) atoms. The standard InChI is InChI=1S/C11H16N4O2/c12-10(17)9(16)7-15-11(13)14-6-8-4-2-1-3-5-8/h1-5,9,16H,6-7H2,(H2,12,17)(H3,13,14,15). The van der Waals surface area contributed by atoms with E-state index in [2.05, 4.69) is 10.3 Å². The first kappa shape index (κ1) is 13.0. The number of amides is 1. The second-order valence-corrected chi connectivity index (χ2v) is 3.49. The van der Waals surface area contributed by atoms with Crippen LogP contribution in [0.1, 0.15) is 5.56 Å². The molecule has 0 aliphatic rings. The quantitative estimate of drug-likeness (QED) is 0.385. The highest BCUT2D eigenvalue weighted by Crippen LogP contribution is 1.99. The molecule has 6 nitrogen and oxygen atoms in total. The number of carbonyl (C=O) groups excluding carboxylic acids is 1. The van der Waals surface area contributed by atoms with Crippen molar-refractivity contribution in [1.82, 2.24) is 5.32 Å². The normalized spacial score (nSPS) is 13.1. The highest BCUT2D eigenvalue weighted by molar-refractivity contribution is 5.81. The largest absolute Gasteiger partial charge is 0.381 e. The van der Waals surface area contributed by atoms with Crippen LogP contribution >= 0.6 is 0 Å². The van der Waals surface area contributed by atoms with E-state index in [1.54, 1.807) is 0 Å². The van der Waals surface area contributed by atoms with Gasteiger partial charge in [0.1, 0.15) is 6.10 Å². The molecule has 1 amide bonds. The minimum atomic E-state index is -1.26. The molecule has 6 N–H and O–H groups in total. The van der Waals surface area contributed by atoms with Crippen LogP contribution in [0.3, 0.4) is 0 Å². The molecule has 1 atom stereocenters. The zero-order valence-electron chi connectivity index (χ0n) is 9.34. The van der Waals surface area contributed by atoms with Gasteiger partial charge in [0.15, 0.2) is 5.96 Å². The predicted molar refractivity (Wildman–Crippen MR) is 65.0 cm³/mol. The van der Waals surface area contributed by atoms with Crippen molar-refractivity contribution in [2.75, 3.05) is 6.54 Å². The summed E-state index contributed by atoms with van der Waals surface area (Å²) < 4.78 is 0. The molecule has 0 bridgehead atoms. The summed E-state index contributed by atoms with van der Waals surface area (Å²) in [6.45, 7) is 0.395. The lowest BCUT2D eigenvalue weighted by Gasteiger charge is -2.08. The Labute approximate surface area is 99.3 Å². The van der Waals surface area contributed by atoms with Crippen LogP contribution in [0.2, 0.25) is 0 Å². The Bertz CT molecular complexity index is 392. The molecule has 0 fully saturated rings. The zero-order chi connectivity index (χ0) is 12.7. The lowest BCUT2D eigenvalue weighted by atomic mass is 10.2. The molecule has 92 valence electrons. The maximum atomic E-state index is 10.5. The molecule has 1 unspecified atom stereocenters.